The monoisotopic (exact) mass is 321 g/mol. The molecular formula is C16H20FN3O3. The van der Waals surface area contributed by atoms with E-state index < -0.39 is 11.7 Å². The van der Waals surface area contributed by atoms with Crippen LogP contribution < -0.4 is 10.2 Å². The molecule has 6 nitrogen and oxygen atoms in total. The van der Waals surface area contributed by atoms with Gasteiger partial charge in [0.25, 0.3) is 5.91 Å². The minimum Gasteiger partial charge on any atom is -0.368 e. The van der Waals surface area contributed by atoms with E-state index in [0.717, 1.165) is 5.69 Å². The van der Waals surface area contributed by atoms with Crippen LogP contribution in [0.25, 0.3) is 0 Å². The fourth-order valence-electron chi connectivity index (χ4n) is 2.39. The Morgan fingerprint density at radius 1 is 1.09 bits per heavy atom. The molecule has 1 aromatic carbocycles. The molecule has 2 amide bonds. The number of carbonyl (C=O) groups is 3. The molecule has 1 aromatic rings. The molecule has 0 spiro atoms. The van der Waals surface area contributed by atoms with Crippen LogP contribution >= 0.6 is 0 Å². The van der Waals surface area contributed by atoms with Crippen LogP contribution in [0.3, 0.4) is 0 Å². The number of benzene rings is 1. The van der Waals surface area contributed by atoms with E-state index in [-0.39, 0.29) is 24.7 Å². The zero-order chi connectivity index (χ0) is 16.8. The van der Waals surface area contributed by atoms with Crippen molar-refractivity contribution in [3.05, 3.63) is 30.1 Å². The summed E-state index contributed by atoms with van der Waals surface area (Å²) in [5.74, 6) is -1.73. The van der Waals surface area contributed by atoms with Crippen LogP contribution in [0.1, 0.15) is 13.3 Å². The molecule has 2 rings (SSSR count). The van der Waals surface area contributed by atoms with Crippen molar-refractivity contribution >= 4 is 23.3 Å². The molecule has 0 aromatic heterocycles. The van der Waals surface area contributed by atoms with Gasteiger partial charge in [0.2, 0.25) is 11.7 Å². The summed E-state index contributed by atoms with van der Waals surface area (Å²) in [5, 5.41) is 2.34. The maximum Gasteiger partial charge on any atom is 0.287 e. The second-order valence-electron chi connectivity index (χ2n) is 5.30. The van der Waals surface area contributed by atoms with Gasteiger partial charge in [-0.05, 0) is 24.3 Å². The van der Waals surface area contributed by atoms with Crippen LogP contribution in [-0.4, -0.2) is 55.2 Å². The highest BCUT2D eigenvalue weighted by molar-refractivity contribution is 6.36. The number of hydrogen-bond donors (Lipinski definition) is 1. The number of anilines is 1. The molecule has 1 heterocycles. The van der Waals surface area contributed by atoms with E-state index in [0.29, 0.717) is 26.2 Å². The first kappa shape index (κ1) is 16.9. The summed E-state index contributed by atoms with van der Waals surface area (Å²) in [5.41, 5.74) is 0.917. The molecule has 124 valence electrons. The molecule has 1 aliphatic heterocycles. The largest absolute Gasteiger partial charge is 0.368 e. The first-order valence-electron chi connectivity index (χ1n) is 7.60. The maximum absolute atomic E-state index is 12.9. The number of amides is 2. The SMILES string of the molecule is CCC(=O)C(=O)NCC(=O)N1CCN(c2ccc(F)cc2)CC1. The molecule has 0 bridgehead atoms. The number of Topliss-reactive ketones (excluding diaryl/α,β-unsaturated/α-hetero) is 1. The third-order valence-corrected chi connectivity index (χ3v) is 3.80. The van der Waals surface area contributed by atoms with Gasteiger partial charge in [-0.2, -0.15) is 0 Å². The molecule has 0 unspecified atom stereocenters. The zero-order valence-electron chi connectivity index (χ0n) is 13.0. The summed E-state index contributed by atoms with van der Waals surface area (Å²) >= 11 is 0. The van der Waals surface area contributed by atoms with Crippen molar-refractivity contribution in [1.82, 2.24) is 10.2 Å². The van der Waals surface area contributed by atoms with E-state index in [1.807, 2.05) is 0 Å². The van der Waals surface area contributed by atoms with Gasteiger partial charge in [0, 0.05) is 38.3 Å². The quantitative estimate of drug-likeness (QED) is 0.805. The van der Waals surface area contributed by atoms with Crippen LogP contribution in [0, 0.1) is 5.82 Å². The van der Waals surface area contributed by atoms with E-state index in [1.165, 1.54) is 12.1 Å². The van der Waals surface area contributed by atoms with Gasteiger partial charge < -0.3 is 15.1 Å². The van der Waals surface area contributed by atoms with Crippen molar-refractivity contribution in [3.8, 4) is 0 Å². The van der Waals surface area contributed by atoms with E-state index in [4.69, 9.17) is 0 Å². The second-order valence-corrected chi connectivity index (χ2v) is 5.30. The number of nitrogens with zero attached hydrogens (tertiary/aromatic N) is 2. The van der Waals surface area contributed by atoms with Gasteiger partial charge in [-0.3, -0.25) is 14.4 Å². The second kappa shape index (κ2) is 7.71. The Bertz CT molecular complexity index is 581. The van der Waals surface area contributed by atoms with Gasteiger partial charge in [-0.25, -0.2) is 4.39 Å². The van der Waals surface area contributed by atoms with E-state index >= 15 is 0 Å². The highest BCUT2D eigenvalue weighted by Crippen LogP contribution is 2.16. The number of piperazine rings is 1. The zero-order valence-corrected chi connectivity index (χ0v) is 13.0. The van der Waals surface area contributed by atoms with Gasteiger partial charge in [0.15, 0.2) is 0 Å². The maximum atomic E-state index is 12.9. The average molecular weight is 321 g/mol. The Balaban J connectivity index is 1.79. The minimum absolute atomic E-state index is 0.121. The summed E-state index contributed by atoms with van der Waals surface area (Å²) in [7, 11) is 0. The molecule has 0 radical (unpaired) electrons. The normalized spacial score (nSPS) is 14.5. The minimum atomic E-state index is -0.717. The average Bonchev–Trinajstić information content (AvgIpc) is 2.59. The van der Waals surface area contributed by atoms with Crippen molar-refractivity contribution in [3.63, 3.8) is 0 Å². The number of nitrogens with one attached hydrogen (secondary N) is 1. The van der Waals surface area contributed by atoms with Crippen LogP contribution in [0.2, 0.25) is 0 Å². The number of rotatable bonds is 5. The third kappa shape index (κ3) is 4.51. The van der Waals surface area contributed by atoms with Crippen LogP contribution in [0.4, 0.5) is 10.1 Å². The van der Waals surface area contributed by atoms with Crippen molar-refractivity contribution < 1.29 is 18.8 Å². The molecule has 1 fully saturated rings. The Kier molecular flexibility index (Phi) is 5.67. The van der Waals surface area contributed by atoms with Gasteiger partial charge in [-0.15, -0.1) is 0 Å². The highest BCUT2D eigenvalue weighted by atomic mass is 19.1. The summed E-state index contributed by atoms with van der Waals surface area (Å²) in [4.78, 5) is 38.3. The van der Waals surface area contributed by atoms with Crippen molar-refractivity contribution in [2.45, 2.75) is 13.3 Å². The molecule has 1 saturated heterocycles. The summed E-state index contributed by atoms with van der Waals surface area (Å²) < 4.78 is 12.9. The number of ketones is 1. The Labute approximate surface area is 134 Å². The van der Waals surface area contributed by atoms with E-state index in [2.05, 4.69) is 10.2 Å². The highest BCUT2D eigenvalue weighted by Gasteiger charge is 2.22. The lowest BCUT2D eigenvalue weighted by atomic mass is 10.2. The third-order valence-electron chi connectivity index (χ3n) is 3.80. The first-order chi connectivity index (χ1) is 11.0. The molecule has 7 heteroatoms. The van der Waals surface area contributed by atoms with E-state index in [9.17, 15) is 18.8 Å². The van der Waals surface area contributed by atoms with Gasteiger partial charge in [0.1, 0.15) is 5.82 Å². The molecule has 0 atom stereocenters. The number of carbonyl (C=O) groups excluding carboxylic acids is 3. The topological polar surface area (TPSA) is 69.7 Å². The Morgan fingerprint density at radius 2 is 1.70 bits per heavy atom. The molecule has 0 aliphatic carbocycles. The van der Waals surface area contributed by atoms with E-state index in [1.54, 1.807) is 24.0 Å². The van der Waals surface area contributed by atoms with Crippen molar-refractivity contribution in [2.75, 3.05) is 37.6 Å². The Morgan fingerprint density at radius 3 is 2.26 bits per heavy atom. The summed E-state index contributed by atoms with van der Waals surface area (Å²) in [6.07, 6.45) is 0.121. The standard InChI is InChI=1S/C16H20FN3O3/c1-2-14(21)16(23)18-11-15(22)20-9-7-19(8-10-20)13-5-3-12(17)4-6-13/h3-6H,2,7-11H2,1H3,(H,18,23). The van der Waals surface area contributed by atoms with Gasteiger partial charge in [-0.1, -0.05) is 6.92 Å². The van der Waals surface area contributed by atoms with Gasteiger partial charge in [0.05, 0.1) is 6.54 Å². The number of hydrogen-bond acceptors (Lipinski definition) is 4. The lowest BCUT2D eigenvalue weighted by molar-refractivity contribution is -0.139. The Hall–Kier alpha value is -2.44. The van der Waals surface area contributed by atoms with Crippen LogP contribution in [0.5, 0.6) is 0 Å². The molecular weight excluding hydrogens is 301 g/mol. The lowest BCUT2D eigenvalue weighted by Gasteiger charge is -2.36. The lowest BCUT2D eigenvalue weighted by Crippen LogP contribution is -2.51. The molecule has 23 heavy (non-hydrogen) atoms. The summed E-state index contributed by atoms with van der Waals surface area (Å²) in [6.45, 7) is 3.75. The van der Waals surface area contributed by atoms with Crippen LogP contribution in [0.15, 0.2) is 24.3 Å². The van der Waals surface area contributed by atoms with Crippen molar-refractivity contribution in [1.29, 1.82) is 0 Å². The van der Waals surface area contributed by atoms with Gasteiger partial charge >= 0.3 is 0 Å². The smallest absolute Gasteiger partial charge is 0.287 e. The predicted molar refractivity (Wildman–Crippen MR) is 83.5 cm³/mol. The predicted octanol–water partition coefficient (Wildman–Crippen LogP) is 0.570. The summed E-state index contributed by atoms with van der Waals surface area (Å²) in [6, 6.07) is 6.24. The molecule has 1 N–H and O–H groups in total. The molecule has 0 saturated carbocycles. The number of halogens is 1. The van der Waals surface area contributed by atoms with Crippen LogP contribution in [-0.2, 0) is 14.4 Å². The first-order valence-corrected chi connectivity index (χ1v) is 7.60. The fourth-order valence-corrected chi connectivity index (χ4v) is 2.39. The fraction of sp³-hybridized carbons (Fsp3) is 0.438. The molecule has 1 aliphatic rings. The van der Waals surface area contributed by atoms with Crippen molar-refractivity contribution in [2.24, 2.45) is 0 Å².